The standard InChI is InChI=1S/C14H13N3O2S/c1-3-19-14(18)10-8-16-17-11(4-6-15-13(10)17)12-9(2)5-7-20-12/h4-8H,3H2,1-2H3. The molecule has 0 unspecified atom stereocenters. The van der Waals surface area contributed by atoms with E-state index in [9.17, 15) is 4.79 Å². The van der Waals surface area contributed by atoms with Crippen LogP contribution >= 0.6 is 11.3 Å². The second kappa shape index (κ2) is 5.05. The summed E-state index contributed by atoms with van der Waals surface area (Å²) in [5, 5.41) is 6.31. The summed E-state index contributed by atoms with van der Waals surface area (Å²) in [6.45, 7) is 4.16. The van der Waals surface area contributed by atoms with E-state index in [2.05, 4.69) is 16.1 Å². The number of carbonyl (C=O) groups excluding carboxylic acids is 1. The monoisotopic (exact) mass is 287 g/mol. The maximum absolute atomic E-state index is 11.9. The summed E-state index contributed by atoms with van der Waals surface area (Å²) in [5.74, 6) is -0.393. The van der Waals surface area contributed by atoms with Crippen LogP contribution in [0.3, 0.4) is 0 Å². The Bertz CT molecular complexity index is 776. The minimum absolute atomic E-state index is 0.333. The van der Waals surface area contributed by atoms with Crippen molar-refractivity contribution in [3.8, 4) is 10.6 Å². The smallest absolute Gasteiger partial charge is 0.343 e. The lowest BCUT2D eigenvalue weighted by atomic mass is 10.2. The molecule has 0 aliphatic carbocycles. The van der Waals surface area contributed by atoms with Gasteiger partial charge in [-0.3, -0.25) is 0 Å². The number of aryl methyl sites for hydroxylation is 1. The summed E-state index contributed by atoms with van der Waals surface area (Å²) < 4.78 is 6.70. The van der Waals surface area contributed by atoms with Gasteiger partial charge in [0.25, 0.3) is 0 Å². The summed E-state index contributed by atoms with van der Waals surface area (Å²) in [5.41, 5.74) is 3.02. The number of nitrogens with zero attached hydrogens (tertiary/aromatic N) is 3. The third-order valence-electron chi connectivity index (χ3n) is 2.99. The summed E-state index contributed by atoms with van der Waals surface area (Å²) in [4.78, 5) is 17.2. The summed E-state index contributed by atoms with van der Waals surface area (Å²) in [6, 6.07) is 3.95. The van der Waals surface area contributed by atoms with Crippen LogP contribution in [-0.4, -0.2) is 27.2 Å². The van der Waals surface area contributed by atoms with E-state index >= 15 is 0 Å². The molecular weight excluding hydrogens is 274 g/mol. The second-order valence-corrected chi connectivity index (χ2v) is 5.19. The SMILES string of the molecule is CCOC(=O)c1cnn2c(-c3sccc3C)ccnc12. The molecule has 0 atom stereocenters. The van der Waals surface area contributed by atoms with Crippen LogP contribution < -0.4 is 0 Å². The molecule has 3 aromatic heterocycles. The normalized spacial score (nSPS) is 10.9. The van der Waals surface area contributed by atoms with E-state index in [1.54, 1.807) is 29.0 Å². The minimum Gasteiger partial charge on any atom is -0.462 e. The Kier molecular flexibility index (Phi) is 3.23. The van der Waals surface area contributed by atoms with Gasteiger partial charge in [-0.1, -0.05) is 0 Å². The average molecular weight is 287 g/mol. The van der Waals surface area contributed by atoms with E-state index in [-0.39, 0.29) is 0 Å². The number of esters is 1. The summed E-state index contributed by atoms with van der Waals surface area (Å²) >= 11 is 1.64. The van der Waals surface area contributed by atoms with E-state index in [4.69, 9.17) is 4.74 Å². The number of fused-ring (bicyclic) bond motifs is 1. The lowest BCUT2D eigenvalue weighted by molar-refractivity contribution is 0.0528. The van der Waals surface area contributed by atoms with Crippen LogP contribution in [0.1, 0.15) is 22.8 Å². The number of hydrogen-bond acceptors (Lipinski definition) is 5. The zero-order chi connectivity index (χ0) is 14.1. The van der Waals surface area contributed by atoms with E-state index < -0.39 is 5.97 Å². The fourth-order valence-electron chi connectivity index (χ4n) is 2.05. The molecule has 5 nitrogen and oxygen atoms in total. The van der Waals surface area contributed by atoms with Crippen molar-refractivity contribution < 1.29 is 9.53 Å². The lowest BCUT2D eigenvalue weighted by Gasteiger charge is -2.04. The molecule has 0 amide bonds. The molecule has 0 bridgehead atoms. The maximum Gasteiger partial charge on any atom is 0.343 e. The van der Waals surface area contributed by atoms with Crippen LogP contribution in [-0.2, 0) is 4.74 Å². The molecule has 0 aliphatic rings. The van der Waals surface area contributed by atoms with Gasteiger partial charge in [0.15, 0.2) is 5.65 Å². The molecule has 0 aromatic carbocycles. The van der Waals surface area contributed by atoms with Gasteiger partial charge in [-0.25, -0.2) is 14.3 Å². The lowest BCUT2D eigenvalue weighted by Crippen LogP contribution is -2.05. The predicted molar refractivity (Wildman–Crippen MR) is 77.0 cm³/mol. The van der Waals surface area contributed by atoms with Gasteiger partial charge in [0.05, 0.1) is 23.4 Å². The van der Waals surface area contributed by atoms with Crippen LogP contribution in [0.4, 0.5) is 0 Å². The summed E-state index contributed by atoms with van der Waals surface area (Å²) in [6.07, 6.45) is 3.20. The number of rotatable bonds is 3. The Labute approximate surface area is 119 Å². The highest BCUT2D eigenvalue weighted by molar-refractivity contribution is 7.13. The molecule has 6 heteroatoms. The fraction of sp³-hybridized carbons (Fsp3) is 0.214. The first-order valence-electron chi connectivity index (χ1n) is 6.26. The quantitative estimate of drug-likeness (QED) is 0.695. The van der Waals surface area contributed by atoms with E-state index in [0.717, 1.165) is 10.6 Å². The zero-order valence-corrected chi connectivity index (χ0v) is 12.0. The fourth-order valence-corrected chi connectivity index (χ4v) is 2.99. The highest BCUT2D eigenvalue weighted by atomic mass is 32.1. The first-order valence-corrected chi connectivity index (χ1v) is 7.14. The van der Waals surface area contributed by atoms with Gasteiger partial charge in [-0.2, -0.15) is 5.10 Å². The molecule has 0 N–H and O–H groups in total. The van der Waals surface area contributed by atoms with Crippen molar-refractivity contribution in [3.05, 3.63) is 41.0 Å². The molecule has 0 aliphatic heterocycles. The first kappa shape index (κ1) is 12.8. The number of ether oxygens (including phenoxy) is 1. The third kappa shape index (κ3) is 1.98. The van der Waals surface area contributed by atoms with E-state index in [1.165, 1.54) is 11.8 Å². The van der Waals surface area contributed by atoms with Gasteiger partial charge < -0.3 is 4.74 Å². The van der Waals surface area contributed by atoms with Gasteiger partial charge in [-0.15, -0.1) is 11.3 Å². The van der Waals surface area contributed by atoms with E-state index in [1.807, 2.05) is 18.4 Å². The molecule has 20 heavy (non-hydrogen) atoms. The number of thiophene rings is 1. The Balaban J connectivity index is 2.18. The summed E-state index contributed by atoms with van der Waals surface area (Å²) in [7, 11) is 0. The molecule has 0 saturated carbocycles. The van der Waals surface area contributed by atoms with Crippen molar-refractivity contribution >= 4 is 23.0 Å². The van der Waals surface area contributed by atoms with E-state index in [0.29, 0.717) is 17.8 Å². The number of hydrogen-bond donors (Lipinski definition) is 0. The van der Waals surface area contributed by atoms with Crippen LogP contribution in [0.25, 0.3) is 16.2 Å². The first-order chi connectivity index (χ1) is 9.72. The average Bonchev–Trinajstić information content (AvgIpc) is 3.04. The zero-order valence-electron chi connectivity index (χ0n) is 11.2. The van der Waals surface area contributed by atoms with Gasteiger partial charge >= 0.3 is 5.97 Å². The molecule has 3 aromatic rings. The maximum atomic E-state index is 11.9. The number of aromatic nitrogens is 3. The van der Waals surface area contributed by atoms with Crippen molar-refractivity contribution in [3.63, 3.8) is 0 Å². The van der Waals surface area contributed by atoms with Crippen molar-refractivity contribution in [2.75, 3.05) is 6.61 Å². The topological polar surface area (TPSA) is 56.5 Å². The second-order valence-electron chi connectivity index (χ2n) is 4.28. The Morgan fingerprint density at radius 2 is 2.30 bits per heavy atom. The highest BCUT2D eigenvalue weighted by Gasteiger charge is 2.17. The van der Waals surface area contributed by atoms with Crippen molar-refractivity contribution in [2.24, 2.45) is 0 Å². The van der Waals surface area contributed by atoms with Gasteiger partial charge in [0, 0.05) is 6.20 Å². The van der Waals surface area contributed by atoms with Crippen LogP contribution in [0, 0.1) is 6.92 Å². The minimum atomic E-state index is -0.393. The Morgan fingerprint density at radius 3 is 3.00 bits per heavy atom. The van der Waals surface area contributed by atoms with Crippen LogP contribution in [0.15, 0.2) is 29.9 Å². The Morgan fingerprint density at radius 1 is 1.45 bits per heavy atom. The highest BCUT2D eigenvalue weighted by Crippen LogP contribution is 2.29. The molecule has 0 saturated heterocycles. The molecule has 0 spiro atoms. The Hall–Kier alpha value is -2.21. The predicted octanol–water partition coefficient (Wildman–Crippen LogP) is 2.94. The van der Waals surface area contributed by atoms with Crippen molar-refractivity contribution in [2.45, 2.75) is 13.8 Å². The molecular formula is C14H13N3O2S. The third-order valence-corrected chi connectivity index (χ3v) is 4.03. The molecule has 102 valence electrons. The molecule has 3 rings (SSSR count). The van der Waals surface area contributed by atoms with Gasteiger partial charge in [0.2, 0.25) is 0 Å². The van der Waals surface area contributed by atoms with Crippen LogP contribution in [0.2, 0.25) is 0 Å². The van der Waals surface area contributed by atoms with Crippen molar-refractivity contribution in [1.82, 2.24) is 14.6 Å². The number of carbonyl (C=O) groups is 1. The molecule has 0 radical (unpaired) electrons. The van der Waals surface area contributed by atoms with Gasteiger partial charge in [0.1, 0.15) is 5.56 Å². The largest absolute Gasteiger partial charge is 0.462 e. The van der Waals surface area contributed by atoms with Gasteiger partial charge in [-0.05, 0) is 36.9 Å². The molecule has 0 fully saturated rings. The van der Waals surface area contributed by atoms with Crippen LogP contribution in [0.5, 0.6) is 0 Å². The molecule has 3 heterocycles. The van der Waals surface area contributed by atoms with Crippen molar-refractivity contribution in [1.29, 1.82) is 0 Å².